The van der Waals surface area contributed by atoms with Crippen LogP contribution in [0.15, 0.2) is 48.5 Å². The lowest BCUT2D eigenvalue weighted by Gasteiger charge is -2.28. The lowest BCUT2D eigenvalue weighted by molar-refractivity contribution is -0.116. The molecule has 2 aromatic rings. The van der Waals surface area contributed by atoms with Gasteiger partial charge in [-0.25, -0.2) is 12.8 Å². The van der Waals surface area contributed by atoms with Gasteiger partial charge in [0, 0.05) is 0 Å². The molecule has 2 aromatic carbocycles. The molecule has 1 atom stereocenters. The van der Waals surface area contributed by atoms with Crippen molar-refractivity contribution >= 4 is 27.3 Å². The van der Waals surface area contributed by atoms with Gasteiger partial charge in [-0.15, -0.1) is 0 Å². The topological polar surface area (TPSA) is 75.7 Å². The van der Waals surface area contributed by atoms with Crippen LogP contribution in [-0.2, 0) is 14.8 Å². The Morgan fingerprint density at radius 1 is 1.19 bits per heavy atom. The molecule has 6 nitrogen and oxygen atoms in total. The summed E-state index contributed by atoms with van der Waals surface area (Å²) in [6.45, 7) is 3.76. The minimum Gasteiger partial charge on any atom is -0.494 e. The summed E-state index contributed by atoms with van der Waals surface area (Å²) < 4.78 is 44.5. The van der Waals surface area contributed by atoms with Crippen molar-refractivity contribution < 1.29 is 22.3 Å². The Morgan fingerprint density at radius 2 is 1.81 bits per heavy atom. The van der Waals surface area contributed by atoms with Crippen molar-refractivity contribution in [2.24, 2.45) is 0 Å². The van der Waals surface area contributed by atoms with E-state index in [9.17, 15) is 17.6 Å². The minimum absolute atomic E-state index is 0.00973. The molecule has 0 aliphatic heterocycles. The van der Waals surface area contributed by atoms with E-state index in [1.165, 1.54) is 25.1 Å². The Labute approximate surface area is 152 Å². The van der Waals surface area contributed by atoms with E-state index in [4.69, 9.17) is 4.74 Å². The van der Waals surface area contributed by atoms with E-state index in [0.717, 1.165) is 10.6 Å². The summed E-state index contributed by atoms with van der Waals surface area (Å²) in [5, 5.41) is 2.42. The van der Waals surface area contributed by atoms with Crippen molar-refractivity contribution in [2.45, 2.75) is 19.9 Å². The van der Waals surface area contributed by atoms with Crippen LogP contribution in [0.5, 0.6) is 5.75 Å². The molecule has 0 unspecified atom stereocenters. The molecule has 140 valence electrons. The number of carbonyl (C=O) groups is 1. The summed E-state index contributed by atoms with van der Waals surface area (Å²) >= 11 is 0. The third kappa shape index (κ3) is 4.72. The molecule has 8 heteroatoms. The Hall–Kier alpha value is -2.61. The average Bonchev–Trinajstić information content (AvgIpc) is 2.57. The van der Waals surface area contributed by atoms with Gasteiger partial charge in [0.1, 0.15) is 17.6 Å². The highest BCUT2D eigenvalue weighted by atomic mass is 32.2. The molecular weight excluding hydrogens is 359 g/mol. The van der Waals surface area contributed by atoms with Gasteiger partial charge in [-0.05, 0) is 50.2 Å². The molecule has 0 saturated heterocycles. The van der Waals surface area contributed by atoms with Crippen molar-refractivity contribution in [1.29, 1.82) is 0 Å². The second-order valence-electron chi connectivity index (χ2n) is 5.63. The molecular formula is C18H21FN2O4S. The van der Waals surface area contributed by atoms with Crippen LogP contribution in [0.2, 0.25) is 0 Å². The predicted octanol–water partition coefficient (Wildman–Crippen LogP) is 3.02. The monoisotopic (exact) mass is 380 g/mol. The van der Waals surface area contributed by atoms with Gasteiger partial charge in [-0.1, -0.05) is 12.1 Å². The number of hydrogen-bond acceptors (Lipinski definition) is 4. The number of amides is 1. The first-order valence-electron chi connectivity index (χ1n) is 8.01. The van der Waals surface area contributed by atoms with Gasteiger partial charge >= 0.3 is 0 Å². The smallest absolute Gasteiger partial charge is 0.248 e. The molecule has 0 heterocycles. The van der Waals surface area contributed by atoms with Crippen LogP contribution in [0.1, 0.15) is 13.8 Å². The summed E-state index contributed by atoms with van der Waals surface area (Å²) in [4.78, 5) is 12.5. The number of nitrogens with one attached hydrogen (secondary N) is 1. The number of ether oxygens (including phenoxy) is 1. The fraction of sp³-hybridized carbons (Fsp3) is 0.278. The van der Waals surface area contributed by atoms with E-state index in [2.05, 4.69) is 5.32 Å². The summed E-state index contributed by atoms with van der Waals surface area (Å²) in [5.74, 6) is -0.650. The maximum Gasteiger partial charge on any atom is 0.248 e. The third-order valence-electron chi connectivity index (χ3n) is 3.62. The van der Waals surface area contributed by atoms with Crippen LogP contribution in [0.25, 0.3) is 0 Å². The van der Waals surface area contributed by atoms with Gasteiger partial charge in [0.25, 0.3) is 0 Å². The normalized spacial score (nSPS) is 12.3. The molecule has 0 aliphatic rings. The zero-order chi connectivity index (χ0) is 19.3. The number of benzene rings is 2. The highest BCUT2D eigenvalue weighted by molar-refractivity contribution is 7.92. The molecule has 1 amide bonds. The Balaban J connectivity index is 2.28. The first-order chi connectivity index (χ1) is 12.2. The van der Waals surface area contributed by atoms with E-state index in [0.29, 0.717) is 18.0 Å². The van der Waals surface area contributed by atoms with E-state index >= 15 is 0 Å². The minimum atomic E-state index is -3.75. The molecule has 0 aliphatic carbocycles. The summed E-state index contributed by atoms with van der Waals surface area (Å²) in [6.07, 6.45) is 1.01. The van der Waals surface area contributed by atoms with Crippen molar-refractivity contribution in [2.75, 3.05) is 22.5 Å². The Kier molecular flexibility index (Phi) is 6.20. The molecule has 0 bridgehead atoms. The average molecular weight is 380 g/mol. The summed E-state index contributed by atoms with van der Waals surface area (Å²) in [7, 11) is -3.75. The zero-order valence-corrected chi connectivity index (χ0v) is 15.6. The molecule has 0 radical (unpaired) electrons. The van der Waals surface area contributed by atoms with E-state index in [-0.39, 0.29) is 5.69 Å². The number of nitrogens with zero attached hydrogens (tertiary/aromatic N) is 1. The van der Waals surface area contributed by atoms with Crippen LogP contribution in [0.4, 0.5) is 15.8 Å². The number of sulfonamides is 1. The fourth-order valence-electron chi connectivity index (χ4n) is 2.46. The van der Waals surface area contributed by atoms with Crippen molar-refractivity contribution in [3.63, 3.8) is 0 Å². The van der Waals surface area contributed by atoms with Crippen LogP contribution in [0.3, 0.4) is 0 Å². The van der Waals surface area contributed by atoms with Crippen LogP contribution < -0.4 is 14.4 Å². The Morgan fingerprint density at radius 3 is 2.35 bits per heavy atom. The lowest BCUT2D eigenvalue weighted by atomic mass is 10.2. The first kappa shape index (κ1) is 19.7. The SMILES string of the molecule is CCOc1ccc(N([C@@H](C)C(=O)Nc2ccccc2F)S(C)(=O)=O)cc1. The van der Waals surface area contributed by atoms with Crippen molar-refractivity contribution in [3.05, 3.63) is 54.3 Å². The van der Waals surface area contributed by atoms with Gasteiger partial charge in [-0.3, -0.25) is 9.10 Å². The Bertz CT molecular complexity index is 869. The number of hydrogen-bond donors (Lipinski definition) is 1. The van der Waals surface area contributed by atoms with Crippen LogP contribution in [0, 0.1) is 5.82 Å². The maximum atomic E-state index is 13.7. The highest BCUT2D eigenvalue weighted by Crippen LogP contribution is 2.24. The largest absolute Gasteiger partial charge is 0.494 e. The molecule has 0 aromatic heterocycles. The summed E-state index contributed by atoms with van der Waals surface area (Å²) in [5.41, 5.74) is 0.302. The standard InChI is InChI=1S/C18H21FN2O4S/c1-4-25-15-11-9-14(10-12-15)21(26(3,23)24)13(2)18(22)20-17-8-6-5-7-16(17)19/h5-13H,4H2,1-3H3,(H,20,22)/t13-/m0/s1. The number of carbonyl (C=O) groups excluding carboxylic acids is 1. The van der Waals surface area contributed by atoms with Crippen molar-refractivity contribution in [3.8, 4) is 5.75 Å². The molecule has 1 N–H and O–H groups in total. The number of halogens is 1. The van der Waals surface area contributed by atoms with E-state index < -0.39 is 27.8 Å². The molecule has 26 heavy (non-hydrogen) atoms. The van der Waals surface area contributed by atoms with Gasteiger partial charge in [0.05, 0.1) is 24.2 Å². The quantitative estimate of drug-likeness (QED) is 0.801. The molecule has 0 saturated carbocycles. The third-order valence-corrected chi connectivity index (χ3v) is 4.86. The van der Waals surface area contributed by atoms with Gasteiger partial charge in [0.2, 0.25) is 15.9 Å². The van der Waals surface area contributed by atoms with Crippen LogP contribution >= 0.6 is 0 Å². The second kappa shape index (κ2) is 8.18. The molecule has 0 fully saturated rings. The first-order valence-corrected chi connectivity index (χ1v) is 9.86. The van der Waals surface area contributed by atoms with Gasteiger partial charge in [-0.2, -0.15) is 0 Å². The number of para-hydroxylation sites is 1. The highest BCUT2D eigenvalue weighted by Gasteiger charge is 2.29. The van der Waals surface area contributed by atoms with Gasteiger partial charge in [0.15, 0.2) is 0 Å². The molecule has 0 spiro atoms. The van der Waals surface area contributed by atoms with E-state index in [1.54, 1.807) is 30.3 Å². The number of rotatable bonds is 7. The lowest BCUT2D eigenvalue weighted by Crippen LogP contribution is -2.45. The second-order valence-corrected chi connectivity index (χ2v) is 7.49. The molecule has 2 rings (SSSR count). The maximum absolute atomic E-state index is 13.7. The summed E-state index contributed by atoms with van der Waals surface area (Å²) in [6, 6.07) is 11.0. The number of anilines is 2. The zero-order valence-electron chi connectivity index (χ0n) is 14.8. The van der Waals surface area contributed by atoms with Gasteiger partial charge < -0.3 is 10.1 Å². The fourth-order valence-corrected chi connectivity index (χ4v) is 3.64. The van der Waals surface area contributed by atoms with Crippen molar-refractivity contribution in [1.82, 2.24) is 0 Å². The van der Waals surface area contributed by atoms with E-state index in [1.807, 2.05) is 6.92 Å². The van der Waals surface area contributed by atoms with Crippen LogP contribution in [-0.4, -0.2) is 33.2 Å². The predicted molar refractivity (Wildman–Crippen MR) is 99.4 cm³/mol.